The van der Waals surface area contributed by atoms with Gasteiger partial charge in [0.2, 0.25) is 5.91 Å². The van der Waals surface area contributed by atoms with Crippen molar-refractivity contribution in [2.75, 3.05) is 16.9 Å². The maximum atomic E-state index is 13.0. The lowest BCUT2D eigenvalue weighted by Gasteiger charge is -2.16. The Hall–Kier alpha value is -4.45. The maximum Gasteiger partial charge on any atom is 0.411 e. The van der Waals surface area contributed by atoms with Gasteiger partial charge in [-0.15, -0.1) is 5.10 Å². The van der Waals surface area contributed by atoms with Crippen molar-refractivity contribution in [3.63, 3.8) is 0 Å². The second-order valence-corrected chi connectivity index (χ2v) is 8.95. The van der Waals surface area contributed by atoms with E-state index in [0.717, 1.165) is 0 Å². The van der Waals surface area contributed by atoms with Crippen LogP contribution in [-0.4, -0.2) is 41.6 Å². The fourth-order valence-electron chi connectivity index (χ4n) is 3.75. The molecule has 0 radical (unpaired) electrons. The number of fused-ring (bicyclic) bond motifs is 4. The number of benzene rings is 2. The predicted octanol–water partition coefficient (Wildman–Crippen LogP) is 5.09. The lowest BCUT2D eigenvalue weighted by molar-refractivity contribution is -0.117. The van der Waals surface area contributed by atoms with Gasteiger partial charge in [0.25, 0.3) is 0 Å². The molecule has 1 aliphatic rings. The van der Waals surface area contributed by atoms with Crippen molar-refractivity contribution < 1.29 is 14.3 Å². The van der Waals surface area contributed by atoms with Gasteiger partial charge in [0, 0.05) is 28.9 Å². The first-order valence-corrected chi connectivity index (χ1v) is 12.4. The highest BCUT2D eigenvalue weighted by Gasteiger charge is 2.22. The third-order valence-electron chi connectivity index (χ3n) is 5.53. The summed E-state index contributed by atoms with van der Waals surface area (Å²) in [7, 11) is 0. The zero-order chi connectivity index (χ0) is 27.8. The standard InChI is InChI=1S/C26H24Cl2N8O3/c1-30-31-15-36(29)21-11-10-17(27)14-16(21)9-12-22(37)32-20-8-4-5-13-39-26(38)33-19-7-3-2-6-18(19)23-24(28)35-25(20)34-23/h2-7,9-12,14-15,20H,1,8,13,29H2,(H,32,37)(H,33,38)(H,34,35)/b5-4+,12-9+,31-15-/t20-/m0/s1. The quantitative estimate of drug-likeness (QED) is 0.0814. The number of H-pyrrole nitrogens is 1. The van der Waals surface area contributed by atoms with Gasteiger partial charge in [-0.1, -0.05) is 53.6 Å². The van der Waals surface area contributed by atoms with Crippen LogP contribution in [0, 0.1) is 0 Å². The zero-order valence-corrected chi connectivity index (χ0v) is 22.0. The van der Waals surface area contributed by atoms with Gasteiger partial charge in [-0.2, -0.15) is 5.10 Å². The SMILES string of the molecule is C=N/N=C\N(N)c1ccc(Cl)cc1/C=C/C(=O)N[C@H]1C/C=C/COC(=O)Nc2ccccc2-c2nc1[nH]c2Cl. The molecule has 2 heterocycles. The van der Waals surface area contributed by atoms with Crippen LogP contribution in [0.4, 0.5) is 16.2 Å². The number of aromatic nitrogens is 2. The first-order valence-electron chi connectivity index (χ1n) is 11.6. The van der Waals surface area contributed by atoms with Gasteiger partial charge in [-0.25, -0.2) is 15.6 Å². The number of anilines is 2. The van der Waals surface area contributed by atoms with E-state index in [4.69, 9.17) is 33.8 Å². The summed E-state index contributed by atoms with van der Waals surface area (Å²) in [5.41, 5.74) is 2.59. The summed E-state index contributed by atoms with van der Waals surface area (Å²) in [6.07, 6.45) is 7.38. The summed E-state index contributed by atoms with van der Waals surface area (Å²) in [6, 6.07) is 11.5. The van der Waals surface area contributed by atoms with Crippen LogP contribution < -0.4 is 21.5 Å². The van der Waals surface area contributed by atoms with Gasteiger partial charge in [-0.3, -0.25) is 15.1 Å². The second-order valence-electron chi connectivity index (χ2n) is 8.14. The van der Waals surface area contributed by atoms with Crippen LogP contribution in [0.2, 0.25) is 10.2 Å². The third-order valence-corrected chi connectivity index (χ3v) is 6.04. The molecule has 0 saturated heterocycles. The van der Waals surface area contributed by atoms with Crippen molar-refractivity contribution in [1.82, 2.24) is 15.3 Å². The second kappa shape index (κ2) is 12.9. The van der Waals surface area contributed by atoms with Gasteiger partial charge in [0.15, 0.2) is 0 Å². The lowest BCUT2D eigenvalue weighted by atomic mass is 10.1. The minimum absolute atomic E-state index is 0.0513. The van der Waals surface area contributed by atoms with Gasteiger partial charge >= 0.3 is 6.09 Å². The molecule has 0 fully saturated rings. The van der Waals surface area contributed by atoms with E-state index < -0.39 is 18.0 Å². The van der Waals surface area contributed by atoms with Crippen molar-refractivity contribution in [3.8, 4) is 11.3 Å². The topological polar surface area (TPSA) is 150 Å². The van der Waals surface area contributed by atoms with E-state index in [1.165, 1.54) is 17.4 Å². The number of hydrogen-bond donors (Lipinski definition) is 4. The fourth-order valence-corrected chi connectivity index (χ4v) is 4.18. The molecule has 2 aromatic carbocycles. The maximum absolute atomic E-state index is 13.0. The molecule has 1 aromatic heterocycles. The molecule has 11 nitrogen and oxygen atoms in total. The fraction of sp³-hybridized carbons (Fsp3) is 0.115. The highest BCUT2D eigenvalue weighted by molar-refractivity contribution is 6.32. The zero-order valence-electron chi connectivity index (χ0n) is 20.5. The molecule has 1 aliphatic heterocycles. The van der Waals surface area contributed by atoms with E-state index in [1.54, 1.807) is 60.7 Å². The van der Waals surface area contributed by atoms with Crippen molar-refractivity contribution in [3.05, 3.63) is 82.3 Å². The van der Waals surface area contributed by atoms with E-state index in [2.05, 4.69) is 37.5 Å². The number of amides is 2. The number of aromatic amines is 1. The number of carbonyl (C=O) groups is 2. The van der Waals surface area contributed by atoms with E-state index in [-0.39, 0.29) is 11.8 Å². The Bertz CT molecular complexity index is 1470. The molecular formula is C26H24Cl2N8O3. The normalized spacial score (nSPS) is 16.3. The van der Waals surface area contributed by atoms with Crippen molar-refractivity contribution in [2.24, 2.45) is 16.0 Å². The van der Waals surface area contributed by atoms with Gasteiger partial charge in [0.05, 0.1) is 17.4 Å². The first kappa shape index (κ1) is 27.6. The molecule has 1 atom stereocenters. The summed E-state index contributed by atoms with van der Waals surface area (Å²) in [5, 5.41) is 14.6. The van der Waals surface area contributed by atoms with Crippen LogP contribution in [0.1, 0.15) is 23.9 Å². The number of para-hydroxylation sites is 1. The van der Waals surface area contributed by atoms with Crippen molar-refractivity contribution >= 4 is 65.7 Å². The Kier molecular flexibility index (Phi) is 9.10. The van der Waals surface area contributed by atoms with E-state index >= 15 is 0 Å². The molecule has 39 heavy (non-hydrogen) atoms. The van der Waals surface area contributed by atoms with Crippen LogP contribution in [0.25, 0.3) is 17.3 Å². The molecule has 0 spiro atoms. The number of imidazole rings is 1. The highest BCUT2D eigenvalue weighted by atomic mass is 35.5. The molecule has 2 amide bonds. The van der Waals surface area contributed by atoms with Crippen LogP contribution >= 0.6 is 23.2 Å². The minimum atomic E-state index is -0.614. The van der Waals surface area contributed by atoms with E-state index in [9.17, 15) is 9.59 Å². The number of nitrogens with two attached hydrogens (primary N) is 1. The van der Waals surface area contributed by atoms with Crippen LogP contribution in [0.15, 0.2) is 70.9 Å². The minimum Gasteiger partial charge on any atom is -0.445 e. The van der Waals surface area contributed by atoms with Gasteiger partial charge < -0.3 is 15.0 Å². The monoisotopic (exact) mass is 566 g/mol. The van der Waals surface area contributed by atoms with Gasteiger partial charge in [-0.05, 0) is 36.8 Å². The molecule has 4 rings (SSSR count). The Morgan fingerprint density at radius 2 is 2.08 bits per heavy atom. The number of carbonyl (C=O) groups excluding carboxylic acids is 2. The van der Waals surface area contributed by atoms with Crippen LogP contribution in [0.5, 0.6) is 0 Å². The molecule has 5 N–H and O–H groups in total. The lowest BCUT2D eigenvalue weighted by Crippen LogP contribution is -2.29. The van der Waals surface area contributed by atoms with Crippen LogP contribution in [-0.2, 0) is 9.53 Å². The molecule has 0 saturated carbocycles. The summed E-state index contributed by atoms with van der Waals surface area (Å²) in [5.74, 6) is 6.04. The first-order chi connectivity index (χ1) is 18.9. The molecule has 13 heteroatoms. The average molecular weight is 567 g/mol. The number of halogens is 2. The average Bonchev–Trinajstić information content (AvgIpc) is 3.31. The predicted molar refractivity (Wildman–Crippen MR) is 154 cm³/mol. The number of nitrogens with zero attached hydrogens (tertiary/aromatic N) is 4. The number of rotatable bonds is 6. The van der Waals surface area contributed by atoms with Crippen molar-refractivity contribution in [1.29, 1.82) is 0 Å². The summed E-state index contributed by atoms with van der Waals surface area (Å²) < 4.78 is 5.21. The Balaban J connectivity index is 1.61. The Morgan fingerprint density at radius 1 is 1.26 bits per heavy atom. The molecular weight excluding hydrogens is 543 g/mol. The number of cyclic esters (lactones) is 1. The number of hydrogen-bond acceptors (Lipinski definition) is 7. The molecule has 2 bridgehead atoms. The molecule has 200 valence electrons. The number of hydrazine groups is 1. The summed E-state index contributed by atoms with van der Waals surface area (Å²) >= 11 is 12.7. The Morgan fingerprint density at radius 3 is 2.90 bits per heavy atom. The summed E-state index contributed by atoms with van der Waals surface area (Å²) in [4.78, 5) is 32.9. The van der Waals surface area contributed by atoms with E-state index in [1.807, 2.05) is 0 Å². The number of nitrogens with one attached hydrogen (secondary N) is 3. The molecule has 0 aliphatic carbocycles. The number of ether oxygens (including phenoxy) is 1. The summed E-state index contributed by atoms with van der Waals surface area (Å²) in [6.45, 7) is 3.33. The molecule has 0 unspecified atom stereocenters. The van der Waals surface area contributed by atoms with Crippen molar-refractivity contribution in [2.45, 2.75) is 12.5 Å². The third kappa shape index (κ3) is 7.11. The van der Waals surface area contributed by atoms with Crippen LogP contribution in [0.3, 0.4) is 0 Å². The highest BCUT2D eigenvalue weighted by Crippen LogP contribution is 2.33. The van der Waals surface area contributed by atoms with Gasteiger partial charge in [0.1, 0.15) is 29.6 Å². The van der Waals surface area contributed by atoms with E-state index in [0.29, 0.717) is 45.5 Å². The largest absolute Gasteiger partial charge is 0.445 e. The molecule has 3 aromatic rings. The Labute approximate surface area is 234 Å². The smallest absolute Gasteiger partial charge is 0.411 e.